The predicted molar refractivity (Wildman–Crippen MR) is 61.8 cm³/mol. The van der Waals surface area contributed by atoms with Crippen molar-refractivity contribution >= 4 is 5.69 Å². The van der Waals surface area contributed by atoms with Crippen molar-refractivity contribution in [1.82, 2.24) is 5.16 Å². The van der Waals surface area contributed by atoms with Gasteiger partial charge in [0.05, 0.1) is 11.1 Å². The molecular formula is C11H11N3O4. The summed E-state index contributed by atoms with van der Waals surface area (Å²) in [5.74, 6) is 0.654. The Hall–Kier alpha value is -2.41. The highest BCUT2D eigenvalue weighted by atomic mass is 16.6. The van der Waals surface area contributed by atoms with Crippen LogP contribution >= 0.6 is 0 Å². The number of aromatic nitrogens is 1. The van der Waals surface area contributed by atoms with Crippen LogP contribution in [0.25, 0.3) is 0 Å². The molecule has 0 amide bonds. The molecule has 0 unspecified atom stereocenters. The zero-order chi connectivity index (χ0) is 13.0. The van der Waals surface area contributed by atoms with Gasteiger partial charge in [0.1, 0.15) is 6.61 Å². The molecule has 0 aliphatic rings. The van der Waals surface area contributed by atoms with Crippen LogP contribution in [0.3, 0.4) is 0 Å². The molecule has 0 saturated carbocycles. The SMILES string of the molecule is NCc1ccc([N+](=O)[O-])c(OCc2ccno2)c1. The van der Waals surface area contributed by atoms with E-state index in [1.54, 1.807) is 18.2 Å². The molecular weight excluding hydrogens is 238 g/mol. The van der Waals surface area contributed by atoms with E-state index in [4.69, 9.17) is 15.0 Å². The average Bonchev–Trinajstić information content (AvgIpc) is 2.88. The molecule has 94 valence electrons. The second kappa shape index (κ2) is 5.28. The van der Waals surface area contributed by atoms with E-state index in [9.17, 15) is 10.1 Å². The number of nitro groups is 1. The summed E-state index contributed by atoms with van der Waals surface area (Å²) < 4.78 is 10.2. The van der Waals surface area contributed by atoms with Gasteiger partial charge < -0.3 is 15.0 Å². The van der Waals surface area contributed by atoms with Crippen molar-refractivity contribution in [3.05, 3.63) is 51.9 Å². The lowest BCUT2D eigenvalue weighted by molar-refractivity contribution is -0.386. The minimum atomic E-state index is -0.504. The van der Waals surface area contributed by atoms with Gasteiger partial charge in [-0.1, -0.05) is 11.2 Å². The lowest BCUT2D eigenvalue weighted by Crippen LogP contribution is -2.01. The Morgan fingerprint density at radius 2 is 2.28 bits per heavy atom. The molecule has 0 radical (unpaired) electrons. The van der Waals surface area contributed by atoms with Crippen LogP contribution in [0, 0.1) is 10.1 Å². The largest absolute Gasteiger partial charge is 0.479 e. The summed E-state index contributed by atoms with van der Waals surface area (Å²) in [6.07, 6.45) is 1.48. The lowest BCUT2D eigenvalue weighted by Gasteiger charge is -2.06. The van der Waals surface area contributed by atoms with E-state index in [-0.39, 0.29) is 24.6 Å². The number of hydrogen-bond donors (Lipinski definition) is 1. The van der Waals surface area contributed by atoms with Gasteiger partial charge in [-0.05, 0) is 11.6 Å². The number of rotatable bonds is 5. The quantitative estimate of drug-likeness (QED) is 0.637. The number of benzene rings is 1. The van der Waals surface area contributed by atoms with Crippen LogP contribution in [0.5, 0.6) is 5.75 Å². The Labute approximate surface area is 102 Å². The first-order valence-corrected chi connectivity index (χ1v) is 5.20. The molecule has 1 aromatic heterocycles. The second-order valence-corrected chi connectivity index (χ2v) is 3.53. The van der Waals surface area contributed by atoms with E-state index in [0.717, 1.165) is 5.56 Å². The Balaban J connectivity index is 2.20. The van der Waals surface area contributed by atoms with E-state index >= 15 is 0 Å². The molecule has 7 nitrogen and oxygen atoms in total. The first-order chi connectivity index (χ1) is 8.70. The van der Waals surface area contributed by atoms with Crippen LogP contribution in [-0.4, -0.2) is 10.1 Å². The molecule has 1 aromatic carbocycles. The van der Waals surface area contributed by atoms with Crippen molar-refractivity contribution in [2.45, 2.75) is 13.2 Å². The minimum absolute atomic E-state index is 0.0782. The highest BCUT2D eigenvalue weighted by Crippen LogP contribution is 2.28. The highest BCUT2D eigenvalue weighted by molar-refractivity contribution is 5.48. The first kappa shape index (κ1) is 12.1. The van der Waals surface area contributed by atoms with Crippen molar-refractivity contribution < 1.29 is 14.2 Å². The number of nitro benzene ring substituents is 1. The first-order valence-electron chi connectivity index (χ1n) is 5.20. The fraction of sp³-hybridized carbons (Fsp3) is 0.182. The van der Waals surface area contributed by atoms with E-state index in [1.165, 1.54) is 12.3 Å². The standard InChI is InChI=1S/C11H11N3O4/c12-6-8-1-2-10(14(15)16)11(5-8)17-7-9-3-4-13-18-9/h1-5H,6-7,12H2. The number of ether oxygens (including phenoxy) is 1. The predicted octanol–water partition coefficient (Wildman–Crippen LogP) is 1.62. The normalized spacial score (nSPS) is 10.3. The number of hydrogen-bond acceptors (Lipinski definition) is 6. The zero-order valence-corrected chi connectivity index (χ0v) is 9.41. The van der Waals surface area contributed by atoms with Crippen LogP contribution in [-0.2, 0) is 13.2 Å². The molecule has 0 aliphatic heterocycles. The van der Waals surface area contributed by atoms with Gasteiger partial charge in [-0.25, -0.2) is 0 Å². The molecule has 0 fully saturated rings. The van der Waals surface area contributed by atoms with Gasteiger partial charge in [0.15, 0.2) is 11.5 Å². The Morgan fingerprint density at radius 1 is 1.44 bits per heavy atom. The number of nitrogens with two attached hydrogens (primary N) is 1. The maximum atomic E-state index is 10.8. The van der Waals surface area contributed by atoms with Crippen molar-refractivity contribution in [2.75, 3.05) is 0 Å². The molecule has 0 atom stereocenters. The van der Waals surface area contributed by atoms with Crippen LogP contribution < -0.4 is 10.5 Å². The summed E-state index contributed by atoms with van der Waals surface area (Å²) in [6.45, 7) is 0.367. The van der Waals surface area contributed by atoms with Gasteiger partial charge in [0.2, 0.25) is 0 Å². The molecule has 0 bridgehead atoms. The molecule has 1 heterocycles. The zero-order valence-electron chi connectivity index (χ0n) is 9.41. The lowest BCUT2D eigenvalue weighted by atomic mass is 10.2. The third kappa shape index (κ3) is 2.64. The molecule has 0 aliphatic carbocycles. The highest BCUT2D eigenvalue weighted by Gasteiger charge is 2.15. The summed E-state index contributed by atoms with van der Waals surface area (Å²) in [5, 5.41) is 14.4. The maximum Gasteiger partial charge on any atom is 0.310 e. The van der Waals surface area contributed by atoms with Crippen molar-refractivity contribution in [2.24, 2.45) is 5.73 Å². The summed E-state index contributed by atoms with van der Waals surface area (Å²) in [7, 11) is 0. The van der Waals surface area contributed by atoms with Crippen molar-refractivity contribution in [3.63, 3.8) is 0 Å². The summed E-state index contributed by atoms with van der Waals surface area (Å²) >= 11 is 0. The molecule has 2 N–H and O–H groups in total. The van der Waals surface area contributed by atoms with Gasteiger partial charge in [-0.2, -0.15) is 0 Å². The minimum Gasteiger partial charge on any atom is -0.479 e. The topological polar surface area (TPSA) is 104 Å². The van der Waals surface area contributed by atoms with Crippen LogP contribution in [0.1, 0.15) is 11.3 Å². The molecule has 18 heavy (non-hydrogen) atoms. The third-order valence-corrected chi connectivity index (χ3v) is 2.32. The molecule has 0 saturated heterocycles. The van der Waals surface area contributed by atoms with E-state index in [1.807, 2.05) is 0 Å². The Kier molecular flexibility index (Phi) is 3.54. The smallest absolute Gasteiger partial charge is 0.310 e. The molecule has 7 heteroatoms. The summed E-state index contributed by atoms with van der Waals surface area (Å²) in [6, 6.07) is 6.14. The molecule has 0 spiro atoms. The van der Waals surface area contributed by atoms with Crippen LogP contribution in [0.2, 0.25) is 0 Å². The van der Waals surface area contributed by atoms with E-state index in [0.29, 0.717) is 5.76 Å². The monoisotopic (exact) mass is 249 g/mol. The average molecular weight is 249 g/mol. The Morgan fingerprint density at radius 3 is 2.89 bits per heavy atom. The van der Waals surface area contributed by atoms with Gasteiger partial charge >= 0.3 is 5.69 Å². The van der Waals surface area contributed by atoms with Crippen molar-refractivity contribution in [3.8, 4) is 5.75 Å². The van der Waals surface area contributed by atoms with E-state index in [2.05, 4.69) is 5.16 Å². The fourth-order valence-corrected chi connectivity index (χ4v) is 1.42. The summed E-state index contributed by atoms with van der Waals surface area (Å²) in [4.78, 5) is 10.3. The maximum absolute atomic E-state index is 10.8. The summed E-state index contributed by atoms with van der Waals surface area (Å²) in [5.41, 5.74) is 6.13. The van der Waals surface area contributed by atoms with Gasteiger partial charge in [0.25, 0.3) is 0 Å². The van der Waals surface area contributed by atoms with Gasteiger partial charge in [0, 0.05) is 18.7 Å². The second-order valence-electron chi connectivity index (χ2n) is 3.53. The van der Waals surface area contributed by atoms with Gasteiger partial charge in [-0.15, -0.1) is 0 Å². The van der Waals surface area contributed by atoms with E-state index < -0.39 is 4.92 Å². The molecule has 2 rings (SSSR count). The third-order valence-electron chi connectivity index (χ3n) is 2.32. The van der Waals surface area contributed by atoms with Crippen LogP contribution in [0.15, 0.2) is 35.0 Å². The fourth-order valence-electron chi connectivity index (χ4n) is 1.42. The van der Waals surface area contributed by atoms with Crippen LogP contribution in [0.4, 0.5) is 5.69 Å². The van der Waals surface area contributed by atoms with Gasteiger partial charge in [-0.3, -0.25) is 10.1 Å². The molecule has 2 aromatic rings. The number of nitrogens with zero attached hydrogens (tertiary/aromatic N) is 2. The van der Waals surface area contributed by atoms with Crippen molar-refractivity contribution in [1.29, 1.82) is 0 Å². The Bertz CT molecular complexity index is 539.